The van der Waals surface area contributed by atoms with Gasteiger partial charge in [0.05, 0.1) is 7.11 Å². The number of hydrogen-bond acceptors (Lipinski definition) is 3. The van der Waals surface area contributed by atoms with Crippen molar-refractivity contribution in [1.29, 1.82) is 0 Å². The number of benzene rings is 2. The SMILES string of the molecule is COC(=O)[C@H](Cc1cccc(C)c1)NC(=O)c1c(F)cccc1F. The van der Waals surface area contributed by atoms with Gasteiger partial charge in [0.15, 0.2) is 0 Å². The van der Waals surface area contributed by atoms with Crippen LogP contribution in [0.15, 0.2) is 42.5 Å². The summed E-state index contributed by atoms with van der Waals surface area (Å²) in [6.07, 6.45) is 0.149. The van der Waals surface area contributed by atoms with Gasteiger partial charge >= 0.3 is 5.97 Å². The number of nitrogens with one attached hydrogen (secondary N) is 1. The maximum Gasteiger partial charge on any atom is 0.328 e. The summed E-state index contributed by atoms with van der Waals surface area (Å²) in [5, 5.41) is 2.34. The Bertz CT molecular complexity index is 741. The van der Waals surface area contributed by atoms with Gasteiger partial charge in [-0.1, -0.05) is 35.9 Å². The second kappa shape index (κ2) is 7.68. The van der Waals surface area contributed by atoms with Gasteiger partial charge in [-0.3, -0.25) is 4.79 Å². The molecular formula is C18H17F2NO3. The third-order valence-electron chi connectivity index (χ3n) is 3.50. The smallest absolute Gasteiger partial charge is 0.328 e. The highest BCUT2D eigenvalue weighted by Crippen LogP contribution is 2.13. The van der Waals surface area contributed by atoms with Crippen molar-refractivity contribution in [3.05, 3.63) is 70.8 Å². The first-order valence-electron chi connectivity index (χ1n) is 7.30. The number of esters is 1. The molecule has 2 aromatic carbocycles. The molecule has 0 bridgehead atoms. The van der Waals surface area contributed by atoms with Crippen LogP contribution in [0.25, 0.3) is 0 Å². The minimum Gasteiger partial charge on any atom is -0.467 e. The number of carbonyl (C=O) groups excluding carboxylic acids is 2. The number of aryl methyl sites for hydroxylation is 1. The number of ether oxygens (including phenoxy) is 1. The summed E-state index contributed by atoms with van der Waals surface area (Å²) < 4.78 is 32.1. The number of rotatable bonds is 5. The molecule has 0 aliphatic rings. The van der Waals surface area contributed by atoms with Crippen LogP contribution >= 0.6 is 0 Å². The molecule has 0 unspecified atom stereocenters. The Morgan fingerprint density at radius 3 is 2.33 bits per heavy atom. The molecule has 0 heterocycles. The van der Waals surface area contributed by atoms with E-state index in [1.807, 2.05) is 25.1 Å². The molecule has 2 rings (SSSR count). The van der Waals surface area contributed by atoms with Crippen LogP contribution < -0.4 is 5.32 Å². The van der Waals surface area contributed by atoms with E-state index in [-0.39, 0.29) is 6.42 Å². The Labute approximate surface area is 138 Å². The average molecular weight is 333 g/mol. The Kier molecular flexibility index (Phi) is 5.63. The molecule has 1 N–H and O–H groups in total. The van der Waals surface area contributed by atoms with Crippen molar-refractivity contribution in [3.8, 4) is 0 Å². The first-order chi connectivity index (χ1) is 11.4. The highest BCUT2D eigenvalue weighted by Gasteiger charge is 2.25. The van der Waals surface area contributed by atoms with E-state index in [2.05, 4.69) is 10.1 Å². The molecule has 0 aliphatic heterocycles. The molecule has 0 aromatic heterocycles. The molecule has 0 spiro atoms. The quantitative estimate of drug-likeness (QED) is 0.856. The first-order valence-corrected chi connectivity index (χ1v) is 7.30. The summed E-state index contributed by atoms with van der Waals surface area (Å²) in [6.45, 7) is 1.89. The molecule has 0 saturated carbocycles. The van der Waals surface area contributed by atoms with Gasteiger partial charge < -0.3 is 10.1 Å². The summed E-state index contributed by atoms with van der Waals surface area (Å²) in [5.74, 6) is -3.69. The molecule has 0 radical (unpaired) electrons. The summed E-state index contributed by atoms with van der Waals surface area (Å²) in [7, 11) is 1.18. The predicted octanol–water partition coefficient (Wildman–Crippen LogP) is 2.79. The second-order valence-electron chi connectivity index (χ2n) is 5.34. The van der Waals surface area contributed by atoms with E-state index in [4.69, 9.17) is 0 Å². The molecule has 1 amide bonds. The van der Waals surface area contributed by atoms with Gasteiger partial charge in [-0.05, 0) is 24.6 Å². The van der Waals surface area contributed by atoms with E-state index in [9.17, 15) is 18.4 Å². The molecular weight excluding hydrogens is 316 g/mol. The topological polar surface area (TPSA) is 55.4 Å². The fourth-order valence-electron chi connectivity index (χ4n) is 2.36. The van der Waals surface area contributed by atoms with Crippen LogP contribution in [0, 0.1) is 18.6 Å². The Morgan fingerprint density at radius 2 is 1.75 bits per heavy atom. The fourth-order valence-corrected chi connectivity index (χ4v) is 2.36. The maximum absolute atomic E-state index is 13.7. The monoisotopic (exact) mass is 333 g/mol. The largest absolute Gasteiger partial charge is 0.467 e. The van der Waals surface area contributed by atoms with Gasteiger partial charge in [-0.25, -0.2) is 13.6 Å². The minimum atomic E-state index is -1.05. The molecule has 2 aromatic rings. The molecule has 0 fully saturated rings. The number of methoxy groups -OCH3 is 1. The van der Waals surface area contributed by atoms with Crippen LogP contribution in [0.4, 0.5) is 8.78 Å². The standard InChI is InChI=1S/C18H17F2NO3/c1-11-5-3-6-12(9-11)10-15(18(23)24-2)21-17(22)16-13(19)7-4-8-14(16)20/h3-9,15H,10H2,1-2H3,(H,21,22)/t15-/m0/s1. The molecule has 6 heteroatoms. The summed E-state index contributed by atoms with van der Waals surface area (Å²) in [5.41, 5.74) is 1.05. The summed E-state index contributed by atoms with van der Waals surface area (Å²) >= 11 is 0. The molecule has 126 valence electrons. The van der Waals surface area contributed by atoms with E-state index in [1.165, 1.54) is 7.11 Å². The lowest BCUT2D eigenvalue weighted by atomic mass is 10.0. The van der Waals surface area contributed by atoms with Crippen molar-refractivity contribution >= 4 is 11.9 Å². The van der Waals surface area contributed by atoms with Gasteiger partial charge in [0, 0.05) is 6.42 Å². The highest BCUT2D eigenvalue weighted by molar-refractivity contribution is 5.97. The van der Waals surface area contributed by atoms with Crippen molar-refractivity contribution in [1.82, 2.24) is 5.32 Å². The first kappa shape index (κ1) is 17.6. The van der Waals surface area contributed by atoms with Crippen LogP contribution in [0.2, 0.25) is 0 Å². The number of amides is 1. The van der Waals surface area contributed by atoms with E-state index >= 15 is 0 Å². The third-order valence-corrected chi connectivity index (χ3v) is 3.50. The van der Waals surface area contributed by atoms with Crippen molar-refractivity contribution in [3.63, 3.8) is 0 Å². The van der Waals surface area contributed by atoms with Crippen LogP contribution in [0.1, 0.15) is 21.5 Å². The third kappa shape index (κ3) is 4.16. The van der Waals surface area contributed by atoms with E-state index < -0.39 is 35.1 Å². The van der Waals surface area contributed by atoms with Gasteiger partial charge in [-0.2, -0.15) is 0 Å². The lowest BCUT2D eigenvalue weighted by Gasteiger charge is -2.17. The normalized spacial score (nSPS) is 11.7. The maximum atomic E-state index is 13.7. The van der Waals surface area contributed by atoms with Crippen LogP contribution in [0.5, 0.6) is 0 Å². The zero-order chi connectivity index (χ0) is 17.7. The molecule has 1 atom stereocenters. The van der Waals surface area contributed by atoms with Crippen LogP contribution in [-0.2, 0) is 16.0 Å². The van der Waals surface area contributed by atoms with Gasteiger partial charge in [-0.15, -0.1) is 0 Å². The van der Waals surface area contributed by atoms with Crippen molar-refractivity contribution in [2.24, 2.45) is 0 Å². The molecule has 24 heavy (non-hydrogen) atoms. The Hall–Kier alpha value is -2.76. The summed E-state index contributed by atoms with van der Waals surface area (Å²) in [4.78, 5) is 24.1. The summed E-state index contributed by atoms with van der Waals surface area (Å²) in [6, 6.07) is 9.42. The van der Waals surface area contributed by atoms with Crippen molar-refractivity contribution in [2.75, 3.05) is 7.11 Å². The van der Waals surface area contributed by atoms with Gasteiger partial charge in [0.25, 0.3) is 5.91 Å². The average Bonchev–Trinajstić information content (AvgIpc) is 2.53. The molecule has 4 nitrogen and oxygen atoms in total. The fraction of sp³-hybridized carbons (Fsp3) is 0.222. The lowest BCUT2D eigenvalue weighted by molar-refractivity contribution is -0.142. The lowest BCUT2D eigenvalue weighted by Crippen LogP contribution is -2.43. The van der Waals surface area contributed by atoms with Crippen molar-refractivity contribution < 1.29 is 23.1 Å². The molecule has 0 aliphatic carbocycles. The van der Waals surface area contributed by atoms with E-state index in [0.717, 1.165) is 29.3 Å². The predicted molar refractivity (Wildman–Crippen MR) is 84.5 cm³/mol. The zero-order valence-corrected chi connectivity index (χ0v) is 13.3. The number of carbonyl (C=O) groups is 2. The van der Waals surface area contributed by atoms with Gasteiger partial charge in [0.2, 0.25) is 0 Å². The zero-order valence-electron chi connectivity index (χ0n) is 13.3. The van der Waals surface area contributed by atoms with E-state index in [0.29, 0.717) is 0 Å². The Balaban J connectivity index is 2.23. The van der Waals surface area contributed by atoms with E-state index in [1.54, 1.807) is 6.07 Å². The number of hydrogen-bond donors (Lipinski definition) is 1. The highest BCUT2D eigenvalue weighted by atomic mass is 19.1. The van der Waals surface area contributed by atoms with Crippen LogP contribution in [-0.4, -0.2) is 25.0 Å². The second-order valence-corrected chi connectivity index (χ2v) is 5.34. The van der Waals surface area contributed by atoms with Crippen LogP contribution in [0.3, 0.4) is 0 Å². The van der Waals surface area contributed by atoms with Gasteiger partial charge in [0.1, 0.15) is 23.2 Å². The number of halogens is 2. The van der Waals surface area contributed by atoms with Crippen molar-refractivity contribution in [2.45, 2.75) is 19.4 Å². The molecule has 0 saturated heterocycles. The minimum absolute atomic E-state index is 0.149. The Morgan fingerprint density at radius 1 is 1.12 bits per heavy atom.